The predicted molar refractivity (Wildman–Crippen MR) is 114 cm³/mol. The molecule has 6 heteroatoms. The number of hydrogen-bond donors (Lipinski definition) is 2. The largest absolute Gasteiger partial charge is 0.412 e. The third-order valence-electron chi connectivity index (χ3n) is 4.60. The molecule has 29 heavy (non-hydrogen) atoms. The third kappa shape index (κ3) is 3.69. The fourth-order valence-electron chi connectivity index (χ4n) is 3.15. The second-order valence-electron chi connectivity index (χ2n) is 6.47. The van der Waals surface area contributed by atoms with E-state index in [-0.39, 0.29) is 5.48 Å². The number of rotatable bonds is 4. The summed E-state index contributed by atoms with van der Waals surface area (Å²) in [5.74, 6) is 0. The number of nitrogens with one attached hydrogen (secondary N) is 2. The number of nitrogens with zero attached hydrogens (tertiary/aromatic N) is 3. The Morgan fingerprint density at radius 1 is 0.483 bits per heavy atom. The van der Waals surface area contributed by atoms with Crippen LogP contribution in [-0.2, 0) is 0 Å². The molecule has 0 saturated carbocycles. The molecular weight excluding hydrogens is 362 g/mol. The lowest BCUT2D eigenvalue weighted by molar-refractivity contribution is 0.824. The Hall–Kier alpha value is -4.03. The fraction of sp³-hybridized carbons (Fsp3) is 0. The molecule has 5 rings (SSSR count). The van der Waals surface area contributed by atoms with Gasteiger partial charge in [-0.15, -0.1) is 0 Å². The van der Waals surface area contributed by atoms with Crippen molar-refractivity contribution >= 4 is 0 Å². The summed E-state index contributed by atoms with van der Waals surface area (Å²) in [4.78, 5) is 4.78. The van der Waals surface area contributed by atoms with Crippen molar-refractivity contribution in [2.75, 3.05) is 0 Å². The van der Waals surface area contributed by atoms with Gasteiger partial charge in [-0.05, 0) is 24.3 Å². The molecule has 0 fully saturated rings. The van der Waals surface area contributed by atoms with Crippen LogP contribution in [0.25, 0.3) is 45.3 Å². The average molecular weight is 381 g/mol. The van der Waals surface area contributed by atoms with Crippen molar-refractivity contribution < 1.29 is 5.48 Å². The molecule has 0 aliphatic rings. The van der Waals surface area contributed by atoms with Crippen molar-refractivity contribution in [1.29, 1.82) is 0 Å². The first kappa shape index (κ1) is 18.3. The minimum atomic E-state index is 0. The zero-order valence-electron chi connectivity index (χ0n) is 15.5. The van der Waals surface area contributed by atoms with E-state index in [4.69, 9.17) is 4.98 Å². The Bertz CT molecular complexity index is 1120. The summed E-state index contributed by atoms with van der Waals surface area (Å²) < 4.78 is 0. The van der Waals surface area contributed by atoms with Crippen LogP contribution >= 0.6 is 0 Å². The average Bonchev–Trinajstić information content (AvgIpc) is 3.46. The summed E-state index contributed by atoms with van der Waals surface area (Å²) in [6, 6.07) is 30.1. The van der Waals surface area contributed by atoms with Gasteiger partial charge in [-0.2, -0.15) is 10.2 Å². The lowest BCUT2D eigenvalue weighted by Crippen LogP contribution is -1.88. The molecule has 0 spiro atoms. The monoisotopic (exact) mass is 381 g/mol. The maximum absolute atomic E-state index is 4.78. The lowest BCUT2D eigenvalue weighted by atomic mass is 10.1. The Balaban J connectivity index is 0.00000205. The first-order valence-electron chi connectivity index (χ1n) is 9.06. The molecule has 6 nitrogen and oxygen atoms in total. The van der Waals surface area contributed by atoms with Gasteiger partial charge in [-0.1, -0.05) is 66.7 Å². The molecule has 0 saturated heterocycles. The van der Waals surface area contributed by atoms with Gasteiger partial charge >= 0.3 is 0 Å². The molecule has 0 amide bonds. The Morgan fingerprint density at radius 3 is 1.38 bits per heavy atom. The summed E-state index contributed by atoms with van der Waals surface area (Å²) >= 11 is 0. The maximum Gasteiger partial charge on any atom is 0.0927 e. The Kier molecular flexibility index (Phi) is 5.01. The lowest BCUT2D eigenvalue weighted by Gasteiger charge is -2.00. The van der Waals surface area contributed by atoms with E-state index >= 15 is 0 Å². The second kappa shape index (κ2) is 7.92. The third-order valence-corrected chi connectivity index (χ3v) is 4.60. The van der Waals surface area contributed by atoms with Gasteiger partial charge < -0.3 is 5.48 Å². The highest BCUT2D eigenvalue weighted by Gasteiger charge is 2.10. The molecule has 142 valence electrons. The van der Waals surface area contributed by atoms with Gasteiger partial charge in [0.25, 0.3) is 0 Å². The van der Waals surface area contributed by atoms with Crippen LogP contribution in [0.4, 0.5) is 0 Å². The van der Waals surface area contributed by atoms with Crippen molar-refractivity contribution in [2.24, 2.45) is 0 Å². The molecule has 5 aromatic rings. The van der Waals surface area contributed by atoms with E-state index in [1.165, 1.54) is 0 Å². The number of benzene rings is 2. The standard InChI is InChI=1S/C23H17N5.H2O/c1-3-8-16(9-4-1)20-14-22(27-25-20)18-12-7-13-19(24-18)23-15-21(26-28-23)17-10-5-2-6-11-17;/h1-15H,(H,25,27)(H,26,28);1H2. The van der Waals surface area contributed by atoms with E-state index in [9.17, 15) is 0 Å². The van der Waals surface area contributed by atoms with Crippen LogP contribution in [0, 0.1) is 0 Å². The van der Waals surface area contributed by atoms with Gasteiger partial charge in [0.15, 0.2) is 0 Å². The normalized spacial score (nSPS) is 10.5. The molecule has 4 N–H and O–H groups in total. The zero-order chi connectivity index (χ0) is 18.8. The minimum Gasteiger partial charge on any atom is -0.412 e. The smallest absolute Gasteiger partial charge is 0.0927 e. The van der Waals surface area contributed by atoms with Crippen LogP contribution < -0.4 is 0 Å². The molecule has 0 atom stereocenters. The first-order chi connectivity index (χ1) is 13.9. The Morgan fingerprint density at radius 2 is 0.931 bits per heavy atom. The highest BCUT2D eigenvalue weighted by molar-refractivity contribution is 5.70. The van der Waals surface area contributed by atoms with Gasteiger partial charge in [-0.3, -0.25) is 10.2 Å². The second-order valence-corrected chi connectivity index (χ2v) is 6.47. The van der Waals surface area contributed by atoms with Crippen molar-refractivity contribution in [3.05, 3.63) is 91.0 Å². The van der Waals surface area contributed by atoms with Crippen LogP contribution in [0.1, 0.15) is 0 Å². The number of aromatic amines is 2. The molecule has 0 radical (unpaired) electrons. The van der Waals surface area contributed by atoms with E-state index in [1.54, 1.807) is 0 Å². The quantitative estimate of drug-likeness (QED) is 0.483. The van der Waals surface area contributed by atoms with E-state index in [1.807, 2.05) is 91.0 Å². The predicted octanol–water partition coefficient (Wildman–Crippen LogP) is 4.37. The van der Waals surface area contributed by atoms with Gasteiger partial charge in [0, 0.05) is 11.1 Å². The molecule has 3 aromatic heterocycles. The van der Waals surface area contributed by atoms with Gasteiger partial charge in [-0.25, -0.2) is 4.98 Å². The highest BCUT2D eigenvalue weighted by atomic mass is 16.0. The van der Waals surface area contributed by atoms with Gasteiger partial charge in [0.1, 0.15) is 0 Å². The van der Waals surface area contributed by atoms with Crippen molar-refractivity contribution in [3.63, 3.8) is 0 Å². The van der Waals surface area contributed by atoms with Crippen LogP contribution in [-0.4, -0.2) is 30.9 Å². The van der Waals surface area contributed by atoms with Crippen LogP contribution in [0.15, 0.2) is 91.0 Å². The number of H-pyrrole nitrogens is 2. The zero-order valence-corrected chi connectivity index (χ0v) is 15.5. The maximum atomic E-state index is 4.78. The minimum absolute atomic E-state index is 0. The van der Waals surface area contributed by atoms with E-state index in [0.29, 0.717) is 0 Å². The SMILES string of the molecule is O.c1ccc(-c2cc(-c3cccc(-c4cc(-c5ccccc5)n[nH]4)n3)[nH]n2)cc1. The fourth-order valence-corrected chi connectivity index (χ4v) is 3.15. The van der Waals surface area contributed by atoms with Gasteiger partial charge in [0.2, 0.25) is 0 Å². The number of hydrogen-bond acceptors (Lipinski definition) is 3. The Labute approximate surface area is 167 Å². The van der Waals surface area contributed by atoms with E-state index in [2.05, 4.69) is 20.4 Å². The molecule has 0 aliphatic heterocycles. The van der Waals surface area contributed by atoms with Crippen molar-refractivity contribution in [3.8, 4) is 45.3 Å². The van der Waals surface area contributed by atoms with Crippen LogP contribution in [0.5, 0.6) is 0 Å². The van der Waals surface area contributed by atoms with E-state index < -0.39 is 0 Å². The van der Waals surface area contributed by atoms with Crippen molar-refractivity contribution in [2.45, 2.75) is 0 Å². The van der Waals surface area contributed by atoms with Crippen LogP contribution in [0.2, 0.25) is 0 Å². The summed E-state index contributed by atoms with van der Waals surface area (Å²) in [5.41, 5.74) is 7.37. The summed E-state index contributed by atoms with van der Waals surface area (Å²) in [6.45, 7) is 0. The highest BCUT2D eigenvalue weighted by Crippen LogP contribution is 2.26. The van der Waals surface area contributed by atoms with Crippen LogP contribution in [0.3, 0.4) is 0 Å². The molecule has 2 aromatic carbocycles. The topological polar surface area (TPSA) is 102 Å². The molecule has 3 heterocycles. The first-order valence-corrected chi connectivity index (χ1v) is 9.06. The summed E-state index contributed by atoms with van der Waals surface area (Å²) in [5, 5.41) is 15.0. The molecule has 0 unspecified atom stereocenters. The summed E-state index contributed by atoms with van der Waals surface area (Å²) in [7, 11) is 0. The molecule has 0 bridgehead atoms. The van der Waals surface area contributed by atoms with Gasteiger partial charge in [0.05, 0.1) is 34.2 Å². The summed E-state index contributed by atoms with van der Waals surface area (Å²) in [6.07, 6.45) is 0. The number of pyridine rings is 1. The van der Waals surface area contributed by atoms with E-state index in [0.717, 1.165) is 45.3 Å². The van der Waals surface area contributed by atoms with Crippen molar-refractivity contribution in [1.82, 2.24) is 25.4 Å². The molecular formula is C23H19N5O. The molecule has 0 aliphatic carbocycles. The number of aromatic nitrogens is 5.